The highest BCUT2D eigenvalue weighted by molar-refractivity contribution is 5.85. The minimum Gasteiger partial charge on any atom is -0.497 e. The lowest BCUT2D eigenvalue weighted by atomic mass is 10.0. The number of halogens is 1. The predicted molar refractivity (Wildman–Crippen MR) is 77.3 cm³/mol. The number of nitrogens with one attached hydrogen (secondary N) is 1. The summed E-state index contributed by atoms with van der Waals surface area (Å²) in [5, 5.41) is 1.13. The second kappa shape index (κ2) is 6.64. The molecule has 0 saturated heterocycles. The molecule has 5 N–H and O–H groups in total. The van der Waals surface area contributed by atoms with Gasteiger partial charge in [0.05, 0.1) is 7.11 Å². The van der Waals surface area contributed by atoms with E-state index in [1.165, 1.54) is 0 Å². The number of fused-ring (bicyclic) bond motifs is 1. The third kappa shape index (κ3) is 2.96. The highest BCUT2D eigenvalue weighted by Crippen LogP contribution is 2.28. The number of benzene rings is 1. The molecule has 0 saturated carbocycles. The van der Waals surface area contributed by atoms with Gasteiger partial charge in [-0.1, -0.05) is 0 Å². The average Bonchev–Trinajstić information content (AvgIpc) is 2.78. The maximum absolute atomic E-state index is 6.17. The van der Waals surface area contributed by atoms with Crippen molar-refractivity contribution >= 4 is 23.3 Å². The molecule has 0 aliphatic heterocycles. The average molecular weight is 270 g/mol. The number of nitrogens with two attached hydrogens (primary N) is 2. The minimum absolute atomic E-state index is 0. The van der Waals surface area contributed by atoms with Crippen molar-refractivity contribution < 1.29 is 4.74 Å². The van der Waals surface area contributed by atoms with Gasteiger partial charge in [0.15, 0.2) is 0 Å². The first-order valence-corrected chi connectivity index (χ1v) is 5.87. The van der Waals surface area contributed by atoms with Crippen molar-refractivity contribution in [2.75, 3.05) is 13.7 Å². The maximum Gasteiger partial charge on any atom is 0.119 e. The fourth-order valence-electron chi connectivity index (χ4n) is 2.05. The summed E-state index contributed by atoms with van der Waals surface area (Å²) in [5.41, 5.74) is 13.9. The van der Waals surface area contributed by atoms with Crippen LogP contribution in [-0.2, 0) is 0 Å². The molecule has 2 aromatic rings. The van der Waals surface area contributed by atoms with Crippen molar-refractivity contribution in [3.05, 3.63) is 30.0 Å². The smallest absolute Gasteiger partial charge is 0.119 e. The van der Waals surface area contributed by atoms with Crippen molar-refractivity contribution in [1.29, 1.82) is 0 Å². The number of aromatic amines is 1. The lowest BCUT2D eigenvalue weighted by molar-refractivity contribution is 0.415. The third-order valence-corrected chi connectivity index (χ3v) is 3.04. The Morgan fingerprint density at radius 2 is 2.17 bits per heavy atom. The fourth-order valence-corrected chi connectivity index (χ4v) is 2.05. The van der Waals surface area contributed by atoms with Gasteiger partial charge in [-0.25, -0.2) is 0 Å². The molecule has 2 rings (SSSR count). The van der Waals surface area contributed by atoms with E-state index in [1.54, 1.807) is 7.11 Å². The van der Waals surface area contributed by atoms with Crippen molar-refractivity contribution in [3.8, 4) is 5.75 Å². The summed E-state index contributed by atoms with van der Waals surface area (Å²) in [6.45, 7) is 0.680. The van der Waals surface area contributed by atoms with Crippen LogP contribution in [0.2, 0.25) is 0 Å². The van der Waals surface area contributed by atoms with E-state index in [-0.39, 0.29) is 18.4 Å². The topological polar surface area (TPSA) is 77.1 Å². The Bertz CT molecular complexity index is 498. The molecular formula is C13H20ClN3O. The number of ether oxygens (including phenoxy) is 1. The van der Waals surface area contributed by atoms with Crippen LogP contribution in [-0.4, -0.2) is 18.6 Å². The third-order valence-electron chi connectivity index (χ3n) is 3.04. The van der Waals surface area contributed by atoms with Gasteiger partial charge in [-0.3, -0.25) is 0 Å². The SMILES string of the molecule is COc1ccc2[nH]cc([C@@H](N)CCCN)c2c1.Cl. The lowest BCUT2D eigenvalue weighted by Crippen LogP contribution is -2.12. The van der Waals surface area contributed by atoms with Crippen LogP contribution in [0.5, 0.6) is 5.75 Å². The Morgan fingerprint density at radius 1 is 1.39 bits per heavy atom. The molecule has 0 unspecified atom stereocenters. The van der Waals surface area contributed by atoms with Crippen LogP contribution in [0.15, 0.2) is 24.4 Å². The van der Waals surface area contributed by atoms with Crippen molar-refractivity contribution in [2.24, 2.45) is 11.5 Å². The van der Waals surface area contributed by atoms with E-state index in [9.17, 15) is 0 Å². The summed E-state index contributed by atoms with van der Waals surface area (Å²) >= 11 is 0. The van der Waals surface area contributed by atoms with Gasteiger partial charge in [0.1, 0.15) is 5.75 Å². The number of rotatable bonds is 5. The molecule has 1 heterocycles. The molecule has 100 valence electrons. The van der Waals surface area contributed by atoms with Crippen LogP contribution in [0, 0.1) is 0 Å². The van der Waals surface area contributed by atoms with E-state index in [0.29, 0.717) is 6.54 Å². The zero-order valence-corrected chi connectivity index (χ0v) is 11.3. The number of hydrogen-bond donors (Lipinski definition) is 3. The van der Waals surface area contributed by atoms with Gasteiger partial charge >= 0.3 is 0 Å². The van der Waals surface area contributed by atoms with Gasteiger partial charge < -0.3 is 21.2 Å². The molecule has 0 fully saturated rings. The summed E-state index contributed by atoms with van der Waals surface area (Å²) < 4.78 is 5.23. The zero-order chi connectivity index (χ0) is 12.3. The van der Waals surface area contributed by atoms with Gasteiger partial charge in [-0.05, 0) is 43.1 Å². The molecule has 0 radical (unpaired) electrons. The van der Waals surface area contributed by atoms with E-state index >= 15 is 0 Å². The van der Waals surface area contributed by atoms with E-state index in [4.69, 9.17) is 16.2 Å². The molecule has 0 bridgehead atoms. The van der Waals surface area contributed by atoms with E-state index < -0.39 is 0 Å². The fraction of sp³-hybridized carbons (Fsp3) is 0.385. The zero-order valence-electron chi connectivity index (χ0n) is 10.5. The summed E-state index contributed by atoms with van der Waals surface area (Å²) in [5.74, 6) is 0.851. The quantitative estimate of drug-likeness (QED) is 0.780. The van der Waals surface area contributed by atoms with Gasteiger partial charge in [-0.2, -0.15) is 0 Å². The number of H-pyrrole nitrogens is 1. The molecule has 18 heavy (non-hydrogen) atoms. The van der Waals surface area contributed by atoms with Crippen LogP contribution in [0.4, 0.5) is 0 Å². The highest BCUT2D eigenvalue weighted by atomic mass is 35.5. The Balaban J connectivity index is 0.00000162. The second-order valence-corrected chi connectivity index (χ2v) is 4.19. The molecule has 1 aromatic heterocycles. The molecular weight excluding hydrogens is 250 g/mol. The Labute approximate surface area is 113 Å². The van der Waals surface area contributed by atoms with E-state index in [1.807, 2.05) is 24.4 Å². The maximum atomic E-state index is 6.17. The Kier molecular flexibility index (Phi) is 5.47. The Morgan fingerprint density at radius 3 is 2.83 bits per heavy atom. The molecule has 4 nitrogen and oxygen atoms in total. The number of hydrogen-bond acceptors (Lipinski definition) is 3. The van der Waals surface area contributed by atoms with Gasteiger partial charge in [0, 0.05) is 23.1 Å². The minimum atomic E-state index is 0. The largest absolute Gasteiger partial charge is 0.497 e. The molecule has 5 heteroatoms. The number of aromatic nitrogens is 1. The normalized spacial score (nSPS) is 12.2. The molecule has 1 aromatic carbocycles. The van der Waals surface area contributed by atoms with Crippen LogP contribution in [0.3, 0.4) is 0 Å². The molecule has 1 atom stereocenters. The molecule has 0 aliphatic rings. The second-order valence-electron chi connectivity index (χ2n) is 4.19. The first-order chi connectivity index (χ1) is 8.26. The monoisotopic (exact) mass is 269 g/mol. The Hall–Kier alpha value is -1.23. The van der Waals surface area contributed by atoms with Crippen LogP contribution in [0.1, 0.15) is 24.4 Å². The van der Waals surface area contributed by atoms with E-state index in [0.717, 1.165) is 35.1 Å². The summed E-state index contributed by atoms with van der Waals surface area (Å²) in [4.78, 5) is 3.23. The highest BCUT2D eigenvalue weighted by Gasteiger charge is 2.11. The molecule has 0 aliphatic carbocycles. The summed E-state index contributed by atoms with van der Waals surface area (Å²) in [6.07, 6.45) is 3.82. The van der Waals surface area contributed by atoms with Gasteiger partial charge in [0.2, 0.25) is 0 Å². The van der Waals surface area contributed by atoms with Crippen molar-refractivity contribution in [2.45, 2.75) is 18.9 Å². The van der Waals surface area contributed by atoms with Crippen molar-refractivity contribution in [3.63, 3.8) is 0 Å². The number of methoxy groups -OCH3 is 1. The first kappa shape index (κ1) is 14.8. The molecule has 0 amide bonds. The van der Waals surface area contributed by atoms with Crippen LogP contribution >= 0.6 is 12.4 Å². The van der Waals surface area contributed by atoms with Crippen molar-refractivity contribution in [1.82, 2.24) is 4.98 Å². The van der Waals surface area contributed by atoms with Crippen LogP contribution in [0.25, 0.3) is 10.9 Å². The van der Waals surface area contributed by atoms with E-state index in [2.05, 4.69) is 4.98 Å². The summed E-state index contributed by atoms with van der Waals surface area (Å²) in [6, 6.07) is 5.99. The summed E-state index contributed by atoms with van der Waals surface area (Å²) in [7, 11) is 1.67. The predicted octanol–water partition coefficient (Wildman–Crippen LogP) is 2.34. The first-order valence-electron chi connectivity index (χ1n) is 5.87. The lowest BCUT2D eigenvalue weighted by Gasteiger charge is -2.10. The van der Waals surface area contributed by atoms with Gasteiger partial charge in [-0.15, -0.1) is 12.4 Å². The van der Waals surface area contributed by atoms with Gasteiger partial charge in [0.25, 0.3) is 0 Å². The standard InChI is InChI=1S/C13H19N3O.ClH/c1-17-9-4-5-13-10(7-9)11(8-16-13)12(15)3-2-6-14;/h4-5,7-8,12,16H,2-3,6,14-15H2,1H3;1H/t12-;/m0./s1. The van der Waals surface area contributed by atoms with Crippen LogP contribution < -0.4 is 16.2 Å². The molecule has 0 spiro atoms.